The summed E-state index contributed by atoms with van der Waals surface area (Å²) in [5.74, 6) is 0.339. The number of hydrogen-bond donors (Lipinski definition) is 2. The highest BCUT2D eigenvalue weighted by Gasteiger charge is 2.12. The summed E-state index contributed by atoms with van der Waals surface area (Å²) in [5.41, 5.74) is 2.96. The minimum absolute atomic E-state index is 0.132. The van der Waals surface area contributed by atoms with Crippen molar-refractivity contribution in [2.24, 2.45) is 0 Å². The number of anilines is 2. The number of aryl methyl sites for hydroxylation is 2. The Morgan fingerprint density at radius 2 is 1.59 bits per heavy atom. The van der Waals surface area contributed by atoms with E-state index < -0.39 is 0 Å². The zero-order chi connectivity index (χ0) is 20.0. The summed E-state index contributed by atoms with van der Waals surface area (Å²) in [6.07, 6.45) is 0. The van der Waals surface area contributed by atoms with Crippen LogP contribution in [-0.2, 0) is 9.59 Å². The van der Waals surface area contributed by atoms with Crippen LogP contribution in [0.2, 0.25) is 10.0 Å². The highest BCUT2D eigenvalue weighted by Crippen LogP contribution is 2.31. The van der Waals surface area contributed by atoms with Crippen molar-refractivity contribution in [1.82, 2.24) is 0 Å². The van der Waals surface area contributed by atoms with Gasteiger partial charge in [0.2, 0.25) is 11.8 Å². The van der Waals surface area contributed by atoms with Crippen molar-refractivity contribution in [3.8, 4) is 5.75 Å². The molecule has 2 amide bonds. The fourth-order valence-corrected chi connectivity index (χ4v) is 3.21. The van der Waals surface area contributed by atoms with Gasteiger partial charge < -0.3 is 15.4 Å². The van der Waals surface area contributed by atoms with E-state index in [1.165, 1.54) is 18.9 Å². The third-order valence-electron chi connectivity index (χ3n) is 3.69. The summed E-state index contributed by atoms with van der Waals surface area (Å²) in [7, 11) is 1.51. The molecule has 2 rings (SSSR count). The Balaban J connectivity index is 1.85. The number of methoxy groups -OCH3 is 1. The number of thioether (sulfide) groups is 1. The van der Waals surface area contributed by atoms with Crippen LogP contribution in [0.25, 0.3) is 0 Å². The van der Waals surface area contributed by atoms with Gasteiger partial charge in [-0.05, 0) is 43.2 Å². The number of halogens is 2. The Kier molecular flexibility index (Phi) is 7.83. The molecule has 0 aromatic heterocycles. The highest BCUT2D eigenvalue weighted by atomic mass is 35.5. The van der Waals surface area contributed by atoms with Crippen LogP contribution in [0.4, 0.5) is 11.4 Å². The molecule has 0 bridgehead atoms. The van der Waals surface area contributed by atoms with Crippen molar-refractivity contribution in [2.75, 3.05) is 29.2 Å². The van der Waals surface area contributed by atoms with E-state index in [9.17, 15) is 9.59 Å². The molecule has 2 aromatic rings. The molecule has 144 valence electrons. The molecule has 0 fully saturated rings. The number of nitrogens with one attached hydrogen (secondary N) is 2. The minimum Gasteiger partial charge on any atom is -0.495 e. The lowest BCUT2D eigenvalue weighted by molar-refractivity contribution is -0.114. The third kappa shape index (κ3) is 6.34. The normalized spacial score (nSPS) is 10.4. The van der Waals surface area contributed by atoms with E-state index in [1.807, 2.05) is 19.9 Å². The first-order valence-corrected chi connectivity index (χ1v) is 9.99. The lowest BCUT2D eigenvalue weighted by Gasteiger charge is -2.12. The standard InChI is InChI=1S/C19H20Cl2N2O3S/c1-11-4-5-13(20)7-15(11)22-18(24)9-27-10-19(25)23-16-6-12(2)14(21)8-17(16)26-3/h4-8H,9-10H2,1-3H3,(H,22,24)(H,23,25). The van der Waals surface area contributed by atoms with E-state index in [0.29, 0.717) is 27.2 Å². The number of carbonyl (C=O) groups excluding carboxylic acids is 2. The van der Waals surface area contributed by atoms with Crippen molar-refractivity contribution in [3.05, 3.63) is 51.5 Å². The Hall–Kier alpha value is -1.89. The zero-order valence-electron chi connectivity index (χ0n) is 15.2. The van der Waals surface area contributed by atoms with Crippen LogP contribution in [0.15, 0.2) is 30.3 Å². The molecule has 5 nitrogen and oxygen atoms in total. The van der Waals surface area contributed by atoms with Crippen LogP contribution in [0, 0.1) is 13.8 Å². The van der Waals surface area contributed by atoms with E-state index in [2.05, 4.69) is 10.6 Å². The van der Waals surface area contributed by atoms with Gasteiger partial charge in [-0.2, -0.15) is 0 Å². The van der Waals surface area contributed by atoms with Gasteiger partial charge in [-0.1, -0.05) is 29.3 Å². The Morgan fingerprint density at radius 1 is 0.963 bits per heavy atom. The molecule has 0 aliphatic carbocycles. The fraction of sp³-hybridized carbons (Fsp3) is 0.263. The number of hydrogen-bond acceptors (Lipinski definition) is 4. The van der Waals surface area contributed by atoms with Gasteiger partial charge in [0.1, 0.15) is 5.75 Å². The largest absolute Gasteiger partial charge is 0.495 e. The average molecular weight is 427 g/mol. The molecular weight excluding hydrogens is 407 g/mol. The van der Waals surface area contributed by atoms with Gasteiger partial charge in [-0.3, -0.25) is 9.59 Å². The minimum atomic E-state index is -0.230. The second-order valence-electron chi connectivity index (χ2n) is 5.85. The molecule has 0 aliphatic rings. The maximum atomic E-state index is 12.1. The van der Waals surface area contributed by atoms with Crippen LogP contribution in [0.5, 0.6) is 5.75 Å². The molecule has 0 radical (unpaired) electrons. The van der Waals surface area contributed by atoms with Gasteiger partial charge in [0, 0.05) is 21.8 Å². The number of rotatable bonds is 7. The molecular formula is C19H20Cl2N2O3S. The highest BCUT2D eigenvalue weighted by molar-refractivity contribution is 8.00. The topological polar surface area (TPSA) is 67.4 Å². The van der Waals surface area contributed by atoms with Gasteiger partial charge in [0.15, 0.2) is 0 Å². The van der Waals surface area contributed by atoms with Gasteiger partial charge in [0.25, 0.3) is 0 Å². The van der Waals surface area contributed by atoms with Crippen molar-refractivity contribution in [2.45, 2.75) is 13.8 Å². The molecule has 0 heterocycles. The lowest BCUT2D eigenvalue weighted by Crippen LogP contribution is -2.19. The number of benzene rings is 2. The van der Waals surface area contributed by atoms with Crippen molar-refractivity contribution in [3.63, 3.8) is 0 Å². The molecule has 0 saturated heterocycles. The average Bonchev–Trinajstić information content (AvgIpc) is 2.61. The number of carbonyl (C=O) groups is 2. The predicted molar refractivity (Wildman–Crippen MR) is 114 cm³/mol. The number of amides is 2. The second-order valence-corrected chi connectivity index (χ2v) is 7.68. The van der Waals surface area contributed by atoms with Crippen LogP contribution in [0.3, 0.4) is 0 Å². The monoisotopic (exact) mass is 426 g/mol. The van der Waals surface area contributed by atoms with Crippen LogP contribution < -0.4 is 15.4 Å². The summed E-state index contributed by atoms with van der Waals surface area (Å²) in [6, 6.07) is 8.69. The molecule has 0 aliphatic heterocycles. The van der Waals surface area contributed by atoms with Gasteiger partial charge >= 0.3 is 0 Å². The Bertz CT molecular complexity index is 859. The summed E-state index contributed by atoms with van der Waals surface area (Å²) >= 11 is 13.2. The van der Waals surface area contributed by atoms with Crippen LogP contribution >= 0.6 is 35.0 Å². The second kappa shape index (κ2) is 9.88. The molecule has 2 aromatic carbocycles. The lowest BCUT2D eigenvalue weighted by atomic mass is 10.2. The Labute approximate surface area is 172 Å². The van der Waals surface area contributed by atoms with Crippen LogP contribution in [-0.4, -0.2) is 30.4 Å². The maximum absolute atomic E-state index is 12.1. The first kappa shape index (κ1) is 21.4. The molecule has 0 spiro atoms. The van der Waals surface area contributed by atoms with E-state index >= 15 is 0 Å². The molecule has 0 saturated carbocycles. The van der Waals surface area contributed by atoms with E-state index in [1.54, 1.807) is 24.3 Å². The zero-order valence-corrected chi connectivity index (χ0v) is 17.5. The molecule has 0 atom stereocenters. The molecule has 27 heavy (non-hydrogen) atoms. The third-order valence-corrected chi connectivity index (χ3v) is 5.27. The summed E-state index contributed by atoms with van der Waals surface area (Å²) in [6.45, 7) is 3.72. The molecule has 0 unspecified atom stereocenters. The van der Waals surface area contributed by atoms with Gasteiger partial charge in [-0.25, -0.2) is 0 Å². The Morgan fingerprint density at radius 3 is 2.22 bits per heavy atom. The van der Waals surface area contributed by atoms with E-state index in [0.717, 1.165) is 11.1 Å². The van der Waals surface area contributed by atoms with E-state index in [-0.39, 0.29) is 23.3 Å². The SMILES string of the molecule is COc1cc(Cl)c(C)cc1NC(=O)CSCC(=O)Nc1cc(Cl)ccc1C. The molecule has 8 heteroatoms. The van der Waals surface area contributed by atoms with Gasteiger partial charge in [0.05, 0.1) is 24.3 Å². The molecule has 2 N–H and O–H groups in total. The first-order chi connectivity index (χ1) is 12.8. The fourth-order valence-electron chi connectivity index (χ4n) is 2.27. The first-order valence-electron chi connectivity index (χ1n) is 8.08. The van der Waals surface area contributed by atoms with Crippen molar-refractivity contribution < 1.29 is 14.3 Å². The van der Waals surface area contributed by atoms with Crippen LogP contribution in [0.1, 0.15) is 11.1 Å². The number of ether oxygens (including phenoxy) is 1. The predicted octanol–water partition coefficient (Wildman–Crippen LogP) is 4.93. The maximum Gasteiger partial charge on any atom is 0.234 e. The summed E-state index contributed by atoms with van der Waals surface area (Å²) in [4.78, 5) is 24.2. The quantitative estimate of drug-likeness (QED) is 0.658. The summed E-state index contributed by atoms with van der Waals surface area (Å²) in [5, 5.41) is 6.69. The van der Waals surface area contributed by atoms with Crippen molar-refractivity contribution in [1.29, 1.82) is 0 Å². The van der Waals surface area contributed by atoms with Crippen molar-refractivity contribution >= 4 is 58.2 Å². The summed E-state index contributed by atoms with van der Waals surface area (Å²) < 4.78 is 5.23. The van der Waals surface area contributed by atoms with Gasteiger partial charge in [-0.15, -0.1) is 11.8 Å². The smallest absolute Gasteiger partial charge is 0.234 e. The van der Waals surface area contributed by atoms with E-state index in [4.69, 9.17) is 27.9 Å².